The van der Waals surface area contributed by atoms with Crippen LogP contribution in [-0.2, 0) is 9.53 Å². The molecule has 0 atom stereocenters. The first kappa shape index (κ1) is 13.8. The molecular formula is C11H15N3O4. The van der Waals surface area contributed by atoms with Gasteiger partial charge in [0.15, 0.2) is 0 Å². The summed E-state index contributed by atoms with van der Waals surface area (Å²) in [6.45, 7) is 0.643. The molecule has 98 valence electrons. The molecule has 0 aliphatic rings. The van der Waals surface area contributed by atoms with Gasteiger partial charge in [-0.05, 0) is 18.2 Å². The number of ether oxygens (including phenoxy) is 1. The van der Waals surface area contributed by atoms with Gasteiger partial charge in [0.2, 0.25) is 5.91 Å². The number of hydrogen-bond acceptors (Lipinski definition) is 5. The van der Waals surface area contributed by atoms with Crippen LogP contribution in [-0.4, -0.2) is 36.7 Å². The first-order valence-corrected chi connectivity index (χ1v) is 5.23. The molecule has 0 bridgehead atoms. The number of nitrogens with one attached hydrogen (secondary N) is 1. The highest BCUT2D eigenvalue weighted by Gasteiger charge is 2.07. The van der Waals surface area contributed by atoms with E-state index in [1.165, 1.54) is 12.1 Å². The maximum Gasteiger partial charge on any atom is 0.337 e. The van der Waals surface area contributed by atoms with E-state index in [0.717, 1.165) is 0 Å². The molecule has 0 saturated heterocycles. The second-order valence-corrected chi connectivity index (χ2v) is 3.55. The van der Waals surface area contributed by atoms with E-state index in [9.17, 15) is 9.59 Å². The molecule has 0 aliphatic carbocycles. The lowest BCUT2D eigenvalue weighted by Crippen LogP contribution is -2.20. The summed E-state index contributed by atoms with van der Waals surface area (Å²) in [6.07, 6.45) is 0. The van der Waals surface area contributed by atoms with Gasteiger partial charge in [-0.15, -0.1) is 0 Å². The van der Waals surface area contributed by atoms with Crippen LogP contribution in [0.15, 0.2) is 18.2 Å². The van der Waals surface area contributed by atoms with E-state index in [2.05, 4.69) is 5.32 Å². The molecule has 0 saturated carbocycles. The Morgan fingerprint density at radius 2 is 2.11 bits per heavy atom. The standard InChI is InChI=1S/C11H15N3O4/c12-9-5-7(1-2-8(9)11(16)17)14-3-4-18-6-10(13)15/h1-2,5,14H,3-4,6,12H2,(H2,13,15)(H,16,17). The molecule has 0 radical (unpaired) electrons. The van der Waals surface area contributed by atoms with Gasteiger partial charge >= 0.3 is 5.97 Å². The Balaban J connectivity index is 2.42. The van der Waals surface area contributed by atoms with Crippen molar-refractivity contribution in [3.63, 3.8) is 0 Å². The van der Waals surface area contributed by atoms with Crippen LogP contribution in [0.2, 0.25) is 0 Å². The van der Waals surface area contributed by atoms with E-state index in [4.69, 9.17) is 21.3 Å². The van der Waals surface area contributed by atoms with Crippen molar-refractivity contribution in [3.05, 3.63) is 23.8 Å². The number of carbonyl (C=O) groups is 2. The fraction of sp³-hybridized carbons (Fsp3) is 0.273. The molecule has 18 heavy (non-hydrogen) atoms. The molecule has 1 aromatic rings. The van der Waals surface area contributed by atoms with Crippen LogP contribution in [0.1, 0.15) is 10.4 Å². The average Bonchev–Trinajstić information content (AvgIpc) is 2.27. The molecular weight excluding hydrogens is 238 g/mol. The number of benzene rings is 1. The van der Waals surface area contributed by atoms with Crippen LogP contribution in [0, 0.1) is 0 Å². The number of nitrogens with two attached hydrogens (primary N) is 2. The topological polar surface area (TPSA) is 128 Å². The highest BCUT2D eigenvalue weighted by molar-refractivity contribution is 5.94. The molecule has 0 heterocycles. The van der Waals surface area contributed by atoms with Crippen molar-refractivity contribution in [2.75, 3.05) is 30.8 Å². The Morgan fingerprint density at radius 3 is 2.67 bits per heavy atom. The summed E-state index contributed by atoms with van der Waals surface area (Å²) < 4.78 is 4.95. The predicted molar refractivity (Wildman–Crippen MR) is 66.3 cm³/mol. The number of carboxylic acids is 1. The van der Waals surface area contributed by atoms with Gasteiger partial charge in [-0.3, -0.25) is 4.79 Å². The fourth-order valence-electron chi connectivity index (χ4n) is 1.31. The zero-order valence-corrected chi connectivity index (χ0v) is 9.68. The van der Waals surface area contributed by atoms with Gasteiger partial charge < -0.3 is 26.6 Å². The third kappa shape index (κ3) is 4.30. The number of carbonyl (C=O) groups excluding carboxylic acids is 1. The predicted octanol–water partition coefficient (Wildman–Crippen LogP) is -0.119. The van der Waals surface area contributed by atoms with E-state index in [-0.39, 0.29) is 17.9 Å². The van der Waals surface area contributed by atoms with Crippen LogP contribution in [0.3, 0.4) is 0 Å². The minimum absolute atomic E-state index is 0.0607. The van der Waals surface area contributed by atoms with Crippen LogP contribution >= 0.6 is 0 Å². The Morgan fingerprint density at radius 1 is 1.39 bits per heavy atom. The Labute approximate surface area is 104 Å². The van der Waals surface area contributed by atoms with Crippen molar-refractivity contribution in [2.24, 2.45) is 5.73 Å². The molecule has 1 aromatic carbocycles. The quantitative estimate of drug-likeness (QED) is 0.396. The van der Waals surface area contributed by atoms with Crippen molar-refractivity contribution in [1.82, 2.24) is 0 Å². The Kier molecular flexibility index (Phi) is 4.94. The number of primary amides is 1. The molecule has 6 N–H and O–H groups in total. The molecule has 0 spiro atoms. The second-order valence-electron chi connectivity index (χ2n) is 3.55. The zero-order valence-electron chi connectivity index (χ0n) is 9.68. The second kappa shape index (κ2) is 6.45. The maximum atomic E-state index is 10.7. The lowest BCUT2D eigenvalue weighted by Gasteiger charge is -2.08. The molecule has 0 aromatic heterocycles. The first-order valence-electron chi connectivity index (χ1n) is 5.23. The van der Waals surface area contributed by atoms with E-state index in [1.807, 2.05) is 0 Å². The lowest BCUT2D eigenvalue weighted by molar-refractivity contribution is -0.122. The highest BCUT2D eigenvalue weighted by Crippen LogP contribution is 2.17. The number of nitrogen functional groups attached to an aromatic ring is 1. The fourth-order valence-corrected chi connectivity index (χ4v) is 1.31. The number of hydrogen-bond donors (Lipinski definition) is 4. The third-order valence-electron chi connectivity index (χ3n) is 2.10. The minimum atomic E-state index is -1.07. The van der Waals surface area contributed by atoms with Gasteiger partial charge in [-0.2, -0.15) is 0 Å². The number of rotatable bonds is 7. The molecule has 0 aliphatic heterocycles. The van der Waals surface area contributed by atoms with Crippen molar-refractivity contribution in [1.29, 1.82) is 0 Å². The van der Waals surface area contributed by atoms with E-state index in [0.29, 0.717) is 18.8 Å². The van der Waals surface area contributed by atoms with Crippen LogP contribution in [0.4, 0.5) is 11.4 Å². The number of anilines is 2. The summed E-state index contributed by atoms with van der Waals surface area (Å²) in [4.78, 5) is 21.1. The minimum Gasteiger partial charge on any atom is -0.478 e. The van der Waals surface area contributed by atoms with Crippen LogP contribution in [0.5, 0.6) is 0 Å². The SMILES string of the molecule is NC(=O)COCCNc1ccc(C(=O)O)c(N)c1. The molecule has 7 heteroatoms. The number of carboxylic acid groups (broad SMARTS) is 1. The van der Waals surface area contributed by atoms with E-state index in [1.54, 1.807) is 6.07 Å². The Hall–Kier alpha value is -2.28. The molecule has 1 amide bonds. The summed E-state index contributed by atoms with van der Waals surface area (Å²) in [5.74, 6) is -1.59. The Bertz CT molecular complexity index is 448. The molecule has 0 fully saturated rings. The summed E-state index contributed by atoms with van der Waals surface area (Å²) in [5.41, 5.74) is 11.4. The van der Waals surface area contributed by atoms with Gasteiger partial charge in [0.25, 0.3) is 0 Å². The van der Waals surface area contributed by atoms with Gasteiger partial charge in [0, 0.05) is 17.9 Å². The molecule has 1 rings (SSSR count). The largest absolute Gasteiger partial charge is 0.478 e. The van der Waals surface area contributed by atoms with Gasteiger partial charge in [0.1, 0.15) is 6.61 Å². The van der Waals surface area contributed by atoms with Gasteiger partial charge in [-0.25, -0.2) is 4.79 Å². The summed E-state index contributed by atoms with van der Waals surface area (Å²) in [6, 6.07) is 4.55. The third-order valence-corrected chi connectivity index (χ3v) is 2.10. The lowest BCUT2D eigenvalue weighted by atomic mass is 10.1. The smallest absolute Gasteiger partial charge is 0.337 e. The van der Waals surface area contributed by atoms with Crippen molar-refractivity contribution in [2.45, 2.75) is 0 Å². The van der Waals surface area contributed by atoms with Crippen LogP contribution in [0.25, 0.3) is 0 Å². The number of aromatic carboxylic acids is 1. The average molecular weight is 253 g/mol. The van der Waals surface area contributed by atoms with Crippen molar-refractivity contribution in [3.8, 4) is 0 Å². The zero-order chi connectivity index (χ0) is 13.5. The monoisotopic (exact) mass is 253 g/mol. The van der Waals surface area contributed by atoms with E-state index >= 15 is 0 Å². The van der Waals surface area contributed by atoms with Crippen molar-refractivity contribution >= 4 is 23.3 Å². The summed E-state index contributed by atoms with van der Waals surface area (Å²) >= 11 is 0. The van der Waals surface area contributed by atoms with E-state index < -0.39 is 11.9 Å². The first-order chi connectivity index (χ1) is 8.50. The number of amides is 1. The van der Waals surface area contributed by atoms with Gasteiger partial charge in [-0.1, -0.05) is 0 Å². The maximum absolute atomic E-state index is 10.7. The molecule has 7 nitrogen and oxygen atoms in total. The molecule has 0 unspecified atom stereocenters. The summed E-state index contributed by atoms with van der Waals surface area (Å²) in [7, 11) is 0. The summed E-state index contributed by atoms with van der Waals surface area (Å²) in [5, 5.41) is 11.8. The van der Waals surface area contributed by atoms with Gasteiger partial charge in [0.05, 0.1) is 12.2 Å². The van der Waals surface area contributed by atoms with Crippen molar-refractivity contribution < 1.29 is 19.4 Å². The van der Waals surface area contributed by atoms with Crippen LogP contribution < -0.4 is 16.8 Å². The highest BCUT2D eigenvalue weighted by atomic mass is 16.5. The normalized spacial score (nSPS) is 10.0.